The van der Waals surface area contributed by atoms with Crippen molar-refractivity contribution < 1.29 is 14.7 Å². The second kappa shape index (κ2) is 7.07. The number of carbonyl (C=O) groups is 2. The summed E-state index contributed by atoms with van der Waals surface area (Å²) in [7, 11) is 0. The molecule has 1 fully saturated rings. The third-order valence-electron chi connectivity index (χ3n) is 4.36. The summed E-state index contributed by atoms with van der Waals surface area (Å²) >= 11 is 1.60. The average Bonchev–Trinajstić information content (AvgIpc) is 2.86. The Labute approximate surface area is 129 Å². The number of aliphatic carboxylic acids is 1. The van der Waals surface area contributed by atoms with Crippen LogP contribution in [-0.2, 0) is 9.59 Å². The Morgan fingerprint density at radius 1 is 1.33 bits per heavy atom. The van der Waals surface area contributed by atoms with E-state index in [9.17, 15) is 14.7 Å². The molecule has 0 aromatic carbocycles. The zero-order valence-electron chi connectivity index (χ0n) is 12.4. The van der Waals surface area contributed by atoms with Crippen LogP contribution in [0, 0.1) is 5.41 Å². The molecule has 2 rings (SSSR count). The second-order valence-electron chi connectivity index (χ2n) is 5.98. The maximum Gasteiger partial charge on any atom is 0.310 e. The molecular formula is C16H23NO3S. The first kappa shape index (κ1) is 16.0. The normalized spacial score (nSPS) is 19.5. The Hall–Kier alpha value is -1.36. The molecule has 0 unspecified atom stereocenters. The first-order valence-electron chi connectivity index (χ1n) is 7.60. The fraction of sp³-hybridized carbons (Fsp3) is 0.625. The van der Waals surface area contributed by atoms with E-state index in [1.54, 1.807) is 11.3 Å². The van der Waals surface area contributed by atoms with Crippen molar-refractivity contribution in [3.8, 4) is 0 Å². The molecule has 1 atom stereocenters. The lowest BCUT2D eigenvalue weighted by Crippen LogP contribution is -2.38. The Morgan fingerprint density at radius 3 is 2.52 bits per heavy atom. The monoisotopic (exact) mass is 309 g/mol. The van der Waals surface area contributed by atoms with Gasteiger partial charge in [-0.1, -0.05) is 31.7 Å². The van der Waals surface area contributed by atoms with Gasteiger partial charge in [0.05, 0.1) is 11.5 Å². The average molecular weight is 309 g/mol. The SMILES string of the molecule is C[C@@H](NC(=O)CC1(C(=O)O)CCCCCC1)c1cccs1. The summed E-state index contributed by atoms with van der Waals surface area (Å²) in [5.41, 5.74) is -0.865. The van der Waals surface area contributed by atoms with Crippen molar-refractivity contribution in [2.75, 3.05) is 0 Å². The molecular weight excluding hydrogens is 286 g/mol. The summed E-state index contributed by atoms with van der Waals surface area (Å²) in [6.07, 6.45) is 5.27. The van der Waals surface area contributed by atoms with Crippen LogP contribution in [0.3, 0.4) is 0 Å². The summed E-state index contributed by atoms with van der Waals surface area (Å²) in [6, 6.07) is 3.87. The van der Waals surface area contributed by atoms with Crippen molar-refractivity contribution in [2.24, 2.45) is 5.41 Å². The predicted molar refractivity (Wildman–Crippen MR) is 83.3 cm³/mol. The van der Waals surface area contributed by atoms with Gasteiger partial charge in [0.25, 0.3) is 0 Å². The van der Waals surface area contributed by atoms with Crippen LogP contribution in [0.15, 0.2) is 17.5 Å². The highest BCUT2D eigenvalue weighted by Gasteiger charge is 2.40. The molecule has 0 spiro atoms. The van der Waals surface area contributed by atoms with Crippen LogP contribution >= 0.6 is 11.3 Å². The number of hydrogen-bond donors (Lipinski definition) is 2. The van der Waals surface area contributed by atoms with Crippen LogP contribution in [0.25, 0.3) is 0 Å². The zero-order valence-corrected chi connectivity index (χ0v) is 13.2. The molecule has 0 saturated heterocycles. The number of carboxylic acid groups (broad SMARTS) is 1. The van der Waals surface area contributed by atoms with Gasteiger partial charge < -0.3 is 10.4 Å². The lowest BCUT2D eigenvalue weighted by molar-refractivity contribution is -0.153. The third kappa shape index (κ3) is 4.06. The smallest absolute Gasteiger partial charge is 0.310 e. The molecule has 0 radical (unpaired) electrons. The molecule has 2 N–H and O–H groups in total. The summed E-state index contributed by atoms with van der Waals surface area (Å²) < 4.78 is 0. The van der Waals surface area contributed by atoms with Crippen molar-refractivity contribution in [3.05, 3.63) is 22.4 Å². The molecule has 1 aliphatic rings. The zero-order chi connectivity index (χ0) is 15.3. The van der Waals surface area contributed by atoms with E-state index in [0.29, 0.717) is 12.8 Å². The van der Waals surface area contributed by atoms with Crippen LogP contribution in [0.1, 0.15) is 62.8 Å². The molecule has 116 valence electrons. The fourth-order valence-electron chi connectivity index (χ4n) is 3.08. The lowest BCUT2D eigenvalue weighted by atomic mass is 9.77. The standard InChI is InChI=1S/C16H23NO3S/c1-12(13-7-6-10-21-13)17-14(18)11-16(15(19)20)8-4-2-3-5-9-16/h6-7,10,12H,2-5,8-9,11H2,1H3,(H,17,18)(H,19,20)/t12-/m1/s1. The van der Waals surface area contributed by atoms with E-state index < -0.39 is 11.4 Å². The van der Waals surface area contributed by atoms with E-state index >= 15 is 0 Å². The summed E-state index contributed by atoms with van der Waals surface area (Å²) in [5.74, 6) is -0.969. The van der Waals surface area contributed by atoms with Crippen LogP contribution in [-0.4, -0.2) is 17.0 Å². The van der Waals surface area contributed by atoms with Crippen LogP contribution in [0.2, 0.25) is 0 Å². The minimum atomic E-state index is -0.865. The van der Waals surface area contributed by atoms with Gasteiger partial charge in [0.1, 0.15) is 0 Å². The van der Waals surface area contributed by atoms with Gasteiger partial charge in [0.15, 0.2) is 0 Å². The minimum Gasteiger partial charge on any atom is -0.481 e. The Balaban J connectivity index is 1.99. The number of carbonyl (C=O) groups excluding carboxylic acids is 1. The van der Waals surface area contributed by atoms with Crippen LogP contribution in [0.5, 0.6) is 0 Å². The number of thiophene rings is 1. The first-order chi connectivity index (χ1) is 10.0. The Kier molecular flexibility index (Phi) is 5.39. The van der Waals surface area contributed by atoms with Gasteiger partial charge in [-0.3, -0.25) is 9.59 Å². The molecule has 1 aromatic rings. The van der Waals surface area contributed by atoms with E-state index in [1.807, 2.05) is 24.4 Å². The first-order valence-corrected chi connectivity index (χ1v) is 8.48. The molecule has 0 bridgehead atoms. The molecule has 0 aliphatic heterocycles. The van der Waals surface area contributed by atoms with Crippen molar-refractivity contribution in [1.82, 2.24) is 5.32 Å². The highest BCUT2D eigenvalue weighted by atomic mass is 32.1. The summed E-state index contributed by atoms with van der Waals surface area (Å²) in [5, 5.41) is 14.5. The highest BCUT2D eigenvalue weighted by Crippen LogP contribution is 2.38. The van der Waals surface area contributed by atoms with Gasteiger partial charge in [-0.25, -0.2) is 0 Å². The van der Waals surface area contributed by atoms with E-state index in [-0.39, 0.29) is 18.4 Å². The maximum atomic E-state index is 12.3. The van der Waals surface area contributed by atoms with Crippen LogP contribution < -0.4 is 5.32 Å². The van der Waals surface area contributed by atoms with Crippen molar-refractivity contribution in [2.45, 2.75) is 57.9 Å². The summed E-state index contributed by atoms with van der Waals surface area (Å²) in [6.45, 7) is 1.93. The Bertz CT molecular complexity index is 476. The number of nitrogens with one attached hydrogen (secondary N) is 1. The molecule has 21 heavy (non-hydrogen) atoms. The quantitative estimate of drug-likeness (QED) is 0.814. The van der Waals surface area contributed by atoms with Gasteiger partial charge in [0, 0.05) is 11.3 Å². The lowest BCUT2D eigenvalue weighted by Gasteiger charge is -2.28. The minimum absolute atomic E-state index is 0.0610. The fourth-order valence-corrected chi connectivity index (χ4v) is 3.81. The third-order valence-corrected chi connectivity index (χ3v) is 5.42. The van der Waals surface area contributed by atoms with E-state index in [4.69, 9.17) is 0 Å². The largest absolute Gasteiger partial charge is 0.481 e. The maximum absolute atomic E-state index is 12.3. The van der Waals surface area contributed by atoms with Gasteiger partial charge in [-0.2, -0.15) is 0 Å². The molecule has 1 aromatic heterocycles. The molecule has 1 aliphatic carbocycles. The molecule has 1 saturated carbocycles. The van der Waals surface area contributed by atoms with E-state index in [2.05, 4.69) is 5.32 Å². The van der Waals surface area contributed by atoms with Gasteiger partial charge in [-0.05, 0) is 31.2 Å². The number of hydrogen-bond acceptors (Lipinski definition) is 3. The molecule has 5 heteroatoms. The Morgan fingerprint density at radius 2 is 2.00 bits per heavy atom. The molecule has 4 nitrogen and oxygen atoms in total. The van der Waals surface area contributed by atoms with Crippen molar-refractivity contribution in [3.63, 3.8) is 0 Å². The number of carboxylic acids is 1. The second-order valence-corrected chi connectivity index (χ2v) is 6.96. The predicted octanol–water partition coefficient (Wildman–Crippen LogP) is 3.74. The van der Waals surface area contributed by atoms with E-state index in [1.165, 1.54) is 0 Å². The van der Waals surface area contributed by atoms with Crippen molar-refractivity contribution >= 4 is 23.2 Å². The summed E-state index contributed by atoms with van der Waals surface area (Å²) in [4.78, 5) is 25.1. The number of amides is 1. The van der Waals surface area contributed by atoms with Crippen LogP contribution in [0.4, 0.5) is 0 Å². The highest BCUT2D eigenvalue weighted by molar-refractivity contribution is 7.10. The van der Waals surface area contributed by atoms with E-state index in [0.717, 1.165) is 30.6 Å². The van der Waals surface area contributed by atoms with Gasteiger partial charge in [-0.15, -0.1) is 11.3 Å². The molecule has 1 heterocycles. The molecule has 1 amide bonds. The topological polar surface area (TPSA) is 66.4 Å². The number of rotatable bonds is 5. The van der Waals surface area contributed by atoms with Gasteiger partial charge >= 0.3 is 5.97 Å². The van der Waals surface area contributed by atoms with Crippen molar-refractivity contribution in [1.29, 1.82) is 0 Å². The van der Waals surface area contributed by atoms with Gasteiger partial charge in [0.2, 0.25) is 5.91 Å².